The molecule has 0 radical (unpaired) electrons. The third-order valence-corrected chi connectivity index (χ3v) is 4.42. The molecule has 0 aromatic heterocycles. The summed E-state index contributed by atoms with van der Waals surface area (Å²) < 4.78 is 0. The Morgan fingerprint density at radius 2 is 2.00 bits per heavy atom. The molecule has 1 aromatic carbocycles. The van der Waals surface area contributed by atoms with Crippen LogP contribution in [0.2, 0.25) is 0 Å². The van der Waals surface area contributed by atoms with Crippen molar-refractivity contribution >= 4 is 0 Å². The van der Waals surface area contributed by atoms with E-state index in [0.717, 1.165) is 45.6 Å². The van der Waals surface area contributed by atoms with Crippen LogP contribution in [0.4, 0.5) is 0 Å². The van der Waals surface area contributed by atoms with Crippen LogP contribution in [-0.4, -0.2) is 42.3 Å². The lowest BCUT2D eigenvalue weighted by Gasteiger charge is -2.29. The average molecular weight is 276 g/mol. The molecule has 2 N–H and O–H groups in total. The molecule has 0 unspecified atom stereocenters. The highest BCUT2D eigenvalue weighted by Gasteiger charge is 2.15. The summed E-state index contributed by atoms with van der Waals surface area (Å²) >= 11 is 0. The topological polar surface area (TPSA) is 35.5 Å². The SMILES string of the molecule is Cc1cccc(CNCCCN2CCC(O)CC2)c1C. The molecular weight excluding hydrogens is 248 g/mol. The zero-order valence-electron chi connectivity index (χ0n) is 12.9. The first-order valence-electron chi connectivity index (χ1n) is 7.83. The smallest absolute Gasteiger partial charge is 0.0564 e. The molecule has 1 aromatic rings. The van der Waals surface area contributed by atoms with Crippen molar-refractivity contribution in [2.45, 2.75) is 45.8 Å². The highest BCUT2D eigenvalue weighted by atomic mass is 16.3. The molecule has 2 rings (SSSR count). The fourth-order valence-corrected chi connectivity index (χ4v) is 2.80. The molecule has 0 spiro atoms. The number of piperidine rings is 1. The molecule has 1 heterocycles. The van der Waals surface area contributed by atoms with E-state index < -0.39 is 0 Å². The van der Waals surface area contributed by atoms with Gasteiger partial charge in [0, 0.05) is 19.6 Å². The van der Waals surface area contributed by atoms with E-state index in [1.165, 1.54) is 23.1 Å². The summed E-state index contributed by atoms with van der Waals surface area (Å²) in [4.78, 5) is 2.46. The first kappa shape index (κ1) is 15.5. The summed E-state index contributed by atoms with van der Waals surface area (Å²) in [5, 5.41) is 13.0. The number of nitrogens with zero attached hydrogens (tertiary/aromatic N) is 1. The lowest BCUT2D eigenvalue weighted by Crippen LogP contribution is -2.37. The third kappa shape index (κ3) is 4.58. The number of rotatable bonds is 6. The summed E-state index contributed by atoms with van der Waals surface area (Å²) in [5.74, 6) is 0. The van der Waals surface area contributed by atoms with Crippen molar-refractivity contribution < 1.29 is 5.11 Å². The van der Waals surface area contributed by atoms with Gasteiger partial charge in [-0.2, -0.15) is 0 Å². The number of aryl methyl sites for hydroxylation is 1. The van der Waals surface area contributed by atoms with Crippen molar-refractivity contribution in [1.29, 1.82) is 0 Å². The van der Waals surface area contributed by atoms with Crippen molar-refractivity contribution in [1.82, 2.24) is 10.2 Å². The first-order valence-corrected chi connectivity index (χ1v) is 7.83. The fourth-order valence-electron chi connectivity index (χ4n) is 2.80. The van der Waals surface area contributed by atoms with Gasteiger partial charge in [0.15, 0.2) is 0 Å². The van der Waals surface area contributed by atoms with Gasteiger partial charge in [0.2, 0.25) is 0 Å². The maximum Gasteiger partial charge on any atom is 0.0564 e. The van der Waals surface area contributed by atoms with Gasteiger partial charge in [-0.15, -0.1) is 0 Å². The predicted molar refractivity (Wildman–Crippen MR) is 83.9 cm³/mol. The number of hydrogen-bond donors (Lipinski definition) is 2. The van der Waals surface area contributed by atoms with E-state index in [-0.39, 0.29) is 6.10 Å². The second-order valence-electron chi connectivity index (χ2n) is 5.96. The average Bonchev–Trinajstić information content (AvgIpc) is 2.45. The van der Waals surface area contributed by atoms with E-state index in [0.29, 0.717) is 0 Å². The Balaban J connectivity index is 1.61. The molecule has 1 aliphatic heterocycles. The first-order chi connectivity index (χ1) is 9.66. The zero-order chi connectivity index (χ0) is 14.4. The zero-order valence-corrected chi connectivity index (χ0v) is 12.9. The van der Waals surface area contributed by atoms with Gasteiger partial charge < -0.3 is 15.3 Å². The quantitative estimate of drug-likeness (QED) is 0.782. The van der Waals surface area contributed by atoms with Gasteiger partial charge >= 0.3 is 0 Å². The van der Waals surface area contributed by atoms with Gasteiger partial charge in [0.1, 0.15) is 0 Å². The number of benzene rings is 1. The number of aliphatic hydroxyl groups is 1. The standard InChI is InChI=1S/C17H28N2O/c1-14-5-3-6-16(15(14)2)13-18-9-4-10-19-11-7-17(20)8-12-19/h3,5-6,17-18,20H,4,7-13H2,1-2H3. The van der Waals surface area contributed by atoms with Crippen molar-refractivity contribution in [2.75, 3.05) is 26.2 Å². The van der Waals surface area contributed by atoms with Gasteiger partial charge in [0.25, 0.3) is 0 Å². The lowest BCUT2D eigenvalue weighted by molar-refractivity contribution is 0.0821. The number of hydrogen-bond acceptors (Lipinski definition) is 3. The number of likely N-dealkylation sites (tertiary alicyclic amines) is 1. The predicted octanol–water partition coefficient (Wildman–Crippen LogP) is 2.24. The second-order valence-corrected chi connectivity index (χ2v) is 5.96. The summed E-state index contributed by atoms with van der Waals surface area (Å²) in [6.45, 7) is 9.65. The second kappa shape index (κ2) is 7.77. The largest absolute Gasteiger partial charge is 0.393 e. The molecule has 0 aliphatic carbocycles. The maximum atomic E-state index is 9.47. The Hall–Kier alpha value is -0.900. The highest BCUT2D eigenvalue weighted by Crippen LogP contribution is 2.12. The van der Waals surface area contributed by atoms with Gasteiger partial charge in [0.05, 0.1) is 6.10 Å². The molecule has 0 amide bonds. The van der Waals surface area contributed by atoms with Crippen molar-refractivity contribution in [2.24, 2.45) is 0 Å². The third-order valence-electron chi connectivity index (χ3n) is 4.42. The van der Waals surface area contributed by atoms with Crippen molar-refractivity contribution in [3.63, 3.8) is 0 Å². The Kier molecular flexibility index (Phi) is 6.02. The van der Waals surface area contributed by atoms with Crippen LogP contribution in [0.15, 0.2) is 18.2 Å². The van der Waals surface area contributed by atoms with Gasteiger partial charge in [-0.1, -0.05) is 18.2 Å². The minimum atomic E-state index is -0.0614. The minimum Gasteiger partial charge on any atom is -0.393 e. The fraction of sp³-hybridized carbons (Fsp3) is 0.647. The van der Waals surface area contributed by atoms with E-state index in [4.69, 9.17) is 0 Å². The molecule has 0 saturated carbocycles. The van der Waals surface area contributed by atoms with Crippen LogP contribution < -0.4 is 5.32 Å². The minimum absolute atomic E-state index is 0.0614. The van der Waals surface area contributed by atoms with E-state index in [2.05, 4.69) is 42.3 Å². The number of aliphatic hydroxyl groups excluding tert-OH is 1. The molecule has 1 fully saturated rings. The molecule has 0 bridgehead atoms. The van der Waals surface area contributed by atoms with E-state index in [9.17, 15) is 5.11 Å². The summed E-state index contributed by atoms with van der Waals surface area (Å²) in [7, 11) is 0. The van der Waals surface area contributed by atoms with Crippen molar-refractivity contribution in [3.05, 3.63) is 34.9 Å². The van der Waals surface area contributed by atoms with Gasteiger partial charge in [-0.05, 0) is 62.9 Å². The van der Waals surface area contributed by atoms with Crippen molar-refractivity contribution in [3.8, 4) is 0 Å². The molecule has 3 nitrogen and oxygen atoms in total. The van der Waals surface area contributed by atoms with Crippen LogP contribution in [0.5, 0.6) is 0 Å². The molecule has 0 atom stereocenters. The van der Waals surface area contributed by atoms with Gasteiger partial charge in [-0.25, -0.2) is 0 Å². The highest BCUT2D eigenvalue weighted by molar-refractivity contribution is 5.32. The van der Waals surface area contributed by atoms with E-state index in [1.54, 1.807) is 0 Å². The Morgan fingerprint density at radius 3 is 2.75 bits per heavy atom. The maximum absolute atomic E-state index is 9.47. The molecular formula is C17H28N2O. The summed E-state index contributed by atoms with van der Waals surface area (Å²) in [6, 6.07) is 6.52. The Labute approximate surface area is 123 Å². The van der Waals surface area contributed by atoms with Crippen LogP contribution in [0.3, 0.4) is 0 Å². The monoisotopic (exact) mass is 276 g/mol. The summed E-state index contributed by atoms with van der Waals surface area (Å²) in [5.41, 5.74) is 4.19. The van der Waals surface area contributed by atoms with Crippen LogP contribution in [-0.2, 0) is 6.54 Å². The Morgan fingerprint density at radius 1 is 1.25 bits per heavy atom. The van der Waals surface area contributed by atoms with E-state index in [1.807, 2.05) is 0 Å². The lowest BCUT2D eigenvalue weighted by atomic mass is 10.0. The number of nitrogens with one attached hydrogen (secondary N) is 1. The van der Waals surface area contributed by atoms with Crippen LogP contribution in [0.25, 0.3) is 0 Å². The normalized spacial score (nSPS) is 17.6. The van der Waals surface area contributed by atoms with Crippen LogP contribution in [0.1, 0.15) is 36.0 Å². The molecule has 3 heteroatoms. The molecule has 1 aliphatic rings. The van der Waals surface area contributed by atoms with Crippen LogP contribution >= 0.6 is 0 Å². The summed E-state index contributed by atoms with van der Waals surface area (Å²) in [6.07, 6.45) is 3.00. The molecule has 20 heavy (non-hydrogen) atoms. The Bertz CT molecular complexity index is 411. The van der Waals surface area contributed by atoms with E-state index >= 15 is 0 Å². The van der Waals surface area contributed by atoms with Gasteiger partial charge in [-0.3, -0.25) is 0 Å². The molecule has 1 saturated heterocycles. The van der Waals surface area contributed by atoms with Crippen LogP contribution in [0, 0.1) is 13.8 Å². The molecule has 112 valence electrons.